The number of rotatable bonds is 14. The van der Waals surface area contributed by atoms with Crippen molar-refractivity contribution >= 4 is 56.6 Å². The number of aryl methyl sites for hydroxylation is 3. The molecule has 4 N–H and O–H groups in total. The number of thiophene rings is 1. The largest absolute Gasteiger partial charge is 0.513 e. The molecule has 2 aromatic heterocycles. The summed E-state index contributed by atoms with van der Waals surface area (Å²) < 4.78 is 43.8. The Morgan fingerprint density at radius 1 is 1.10 bits per heavy atom. The topological polar surface area (TPSA) is 190 Å². The molecule has 230 valence electrons. The van der Waals surface area contributed by atoms with Gasteiger partial charge in [-0.1, -0.05) is 29.2 Å². The maximum Gasteiger partial charge on any atom is 0.513 e. The predicted octanol–water partition coefficient (Wildman–Crippen LogP) is 5.76. The van der Waals surface area contributed by atoms with E-state index in [0.29, 0.717) is 47.3 Å². The number of nitrogens with one attached hydrogen (secondary N) is 2. The fourth-order valence-corrected chi connectivity index (χ4v) is 6.42. The third kappa shape index (κ3) is 8.64. The van der Waals surface area contributed by atoms with Crippen LogP contribution in [0.15, 0.2) is 26.9 Å². The number of nitrogens with zero attached hydrogens (tertiary/aromatic N) is 2. The van der Waals surface area contributed by atoms with Crippen LogP contribution in [0.3, 0.4) is 0 Å². The van der Waals surface area contributed by atoms with Gasteiger partial charge in [0.15, 0.2) is 0 Å². The normalized spacial score (nSPS) is 11.5. The number of unbranched alkanes of at least 4 members (excludes halogenated alkanes) is 3. The number of carbonyl (C=O) groups excluding carboxylic acids is 2. The Labute approximate surface area is 251 Å². The van der Waals surface area contributed by atoms with E-state index in [0.717, 1.165) is 17.8 Å². The first-order chi connectivity index (χ1) is 19.8. The van der Waals surface area contributed by atoms with E-state index in [1.807, 2.05) is 0 Å². The molecule has 42 heavy (non-hydrogen) atoms. The summed E-state index contributed by atoms with van der Waals surface area (Å²) in [6.45, 7) is 6.94. The van der Waals surface area contributed by atoms with Gasteiger partial charge >= 0.3 is 6.16 Å². The summed E-state index contributed by atoms with van der Waals surface area (Å²) in [7, 11) is -4.25. The van der Waals surface area contributed by atoms with Crippen molar-refractivity contribution in [3.8, 4) is 5.75 Å². The minimum Gasteiger partial charge on any atom is -0.434 e. The van der Waals surface area contributed by atoms with Crippen LogP contribution in [0, 0.1) is 27.7 Å². The monoisotopic (exact) mass is 646 g/mol. The number of halogens is 1. The first kappa shape index (κ1) is 33.3. The van der Waals surface area contributed by atoms with Gasteiger partial charge in [0, 0.05) is 5.56 Å². The first-order valence-corrected chi connectivity index (χ1v) is 15.4. The van der Waals surface area contributed by atoms with Crippen molar-refractivity contribution in [2.24, 2.45) is 0 Å². The summed E-state index contributed by atoms with van der Waals surface area (Å²) >= 11 is 6.95. The van der Waals surface area contributed by atoms with E-state index in [1.54, 1.807) is 33.8 Å². The van der Waals surface area contributed by atoms with Gasteiger partial charge in [-0.05, 0) is 69.5 Å². The second-order valence-electron chi connectivity index (χ2n) is 9.12. The van der Waals surface area contributed by atoms with Gasteiger partial charge in [0.05, 0.1) is 24.3 Å². The number of carbonyl (C=O) groups is 2. The van der Waals surface area contributed by atoms with Crippen LogP contribution >= 0.6 is 22.9 Å². The number of hydrogen-bond donors (Lipinski definition) is 4. The van der Waals surface area contributed by atoms with E-state index in [4.69, 9.17) is 36.0 Å². The summed E-state index contributed by atoms with van der Waals surface area (Å²) in [5, 5.41) is 24.4. The number of aromatic nitrogens is 1. The summed E-state index contributed by atoms with van der Waals surface area (Å²) in [6, 6.07) is 3.00. The number of benzene rings is 1. The molecule has 0 aliphatic carbocycles. The third-order valence-electron chi connectivity index (χ3n) is 5.93. The molecule has 0 saturated carbocycles. The molecule has 0 fully saturated rings. The van der Waals surface area contributed by atoms with Crippen LogP contribution in [0.5, 0.6) is 5.75 Å². The van der Waals surface area contributed by atoms with Crippen LogP contribution < -0.4 is 14.8 Å². The van der Waals surface area contributed by atoms with E-state index in [2.05, 4.69) is 20.0 Å². The Morgan fingerprint density at radius 3 is 2.43 bits per heavy atom. The lowest BCUT2D eigenvalue weighted by Crippen LogP contribution is -2.19. The highest BCUT2D eigenvalue weighted by Crippen LogP contribution is 2.35. The first-order valence-electron chi connectivity index (χ1n) is 12.6. The summed E-state index contributed by atoms with van der Waals surface area (Å²) in [5.74, 6) is -0.756. The molecule has 2 heterocycles. The molecule has 14 nitrogen and oxygen atoms in total. The average Bonchev–Trinajstić information content (AvgIpc) is 3.54. The lowest BCUT2D eigenvalue weighted by Gasteiger charge is -2.17. The Hall–Kier alpha value is -3.25. The van der Waals surface area contributed by atoms with E-state index >= 15 is 0 Å². The molecule has 1 amide bonds. The van der Waals surface area contributed by atoms with E-state index in [-0.39, 0.29) is 45.0 Å². The lowest BCUT2D eigenvalue weighted by atomic mass is 10.0. The standard InChI is InChI=1S/C25H31ClN4O10S2/c1-14-13-15(2)21(39-25(32)37-10-7-5-6-8-11-38-30(33)34)16(3)20(14)27-23(31)22-18(9-12-41-22)42(35,36)29-24-19(26)17(4)28-40-24/h9,12-13,29,33-34H,5-8,10-11H2,1-4H3,(H,27,31). The zero-order chi connectivity index (χ0) is 31.0. The van der Waals surface area contributed by atoms with Gasteiger partial charge in [-0.3, -0.25) is 20.0 Å². The van der Waals surface area contributed by atoms with E-state index in [9.17, 15) is 18.0 Å². The smallest absolute Gasteiger partial charge is 0.434 e. The quantitative estimate of drug-likeness (QED) is 0.0717. The average molecular weight is 647 g/mol. The molecule has 3 aromatic rings. The summed E-state index contributed by atoms with van der Waals surface area (Å²) in [5.41, 5.74) is 2.38. The molecule has 0 aliphatic rings. The molecule has 0 unspecified atom stereocenters. The minimum atomic E-state index is -4.25. The predicted molar refractivity (Wildman–Crippen MR) is 152 cm³/mol. The molecule has 17 heteroatoms. The SMILES string of the molecule is Cc1cc(C)c(OC(=O)OCCCCCCON(O)O)c(C)c1NC(=O)c1sccc1S(=O)(=O)Nc1onc(C)c1Cl. The second-order valence-corrected chi connectivity index (χ2v) is 12.1. The van der Waals surface area contributed by atoms with Gasteiger partial charge in [-0.25, -0.2) is 17.9 Å². The van der Waals surface area contributed by atoms with Gasteiger partial charge in [-0.2, -0.15) is 0 Å². The molecule has 0 atom stereocenters. The fourth-order valence-electron chi connectivity index (χ4n) is 3.93. The lowest BCUT2D eigenvalue weighted by molar-refractivity contribution is -0.492. The molecular formula is C25H31ClN4O10S2. The number of sulfonamides is 1. The molecule has 0 bridgehead atoms. The number of amides is 1. The third-order valence-corrected chi connectivity index (χ3v) is 8.79. The molecule has 0 saturated heterocycles. The van der Waals surface area contributed by atoms with E-state index < -0.39 is 22.1 Å². The number of ether oxygens (including phenoxy) is 2. The maximum absolute atomic E-state index is 13.3. The Morgan fingerprint density at radius 2 is 1.79 bits per heavy atom. The maximum atomic E-state index is 13.3. The summed E-state index contributed by atoms with van der Waals surface area (Å²) in [6.07, 6.45) is 1.67. The zero-order valence-electron chi connectivity index (χ0n) is 23.2. The Kier molecular flexibility index (Phi) is 11.7. The van der Waals surface area contributed by atoms with E-state index in [1.165, 1.54) is 11.4 Å². The summed E-state index contributed by atoms with van der Waals surface area (Å²) in [4.78, 5) is 29.7. The fraction of sp³-hybridized carbons (Fsp3) is 0.400. The molecule has 0 spiro atoms. The van der Waals surface area contributed by atoms with Gasteiger partial charge in [0.1, 0.15) is 26.2 Å². The van der Waals surface area contributed by atoms with Gasteiger partial charge in [-0.15, -0.1) is 11.3 Å². The highest BCUT2D eigenvalue weighted by molar-refractivity contribution is 7.93. The molecule has 1 aromatic carbocycles. The molecular weight excluding hydrogens is 616 g/mol. The van der Waals surface area contributed by atoms with Crippen LogP contribution in [0.1, 0.15) is 57.7 Å². The van der Waals surface area contributed by atoms with Gasteiger partial charge in [0.2, 0.25) is 0 Å². The van der Waals surface area contributed by atoms with Gasteiger partial charge < -0.3 is 19.3 Å². The van der Waals surface area contributed by atoms with Crippen LogP contribution in [0.2, 0.25) is 5.02 Å². The Balaban J connectivity index is 1.66. The minimum absolute atomic E-state index is 0.00106. The number of hydrogen-bond acceptors (Lipinski definition) is 13. The molecule has 0 radical (unpaired) electrons. The van der Waals surface area contributed by atoms with Crippen molar-refractivity contribution in [2.75, 3.05) is 23.3 Å². The molecule has 3 rings (SSSR count). The van der Waals surface area contributed by atoms with Crippen LogP contribution in [0.4, 0.5) is 16.4 Å². The highest BCUT2D eigenvalue weighted by atomic mass is 35.5. The zero-order valence-corrected chi connectivity index (χ0v) is 25.6. The van der Waals surface area contributed by atoms with Crippen molar-refractivity contribution in [3.05, 3.63) is 49.8 Å². The van der Waals surface area contributed by atoms with Crippen LogP contribution in [-0.4, -0.2) is 54.7 Å². The second kappa shape index (κ2) is 14.8. The molecule has 0 aliphatic heterocycles. The Bertz CT molecular complexity index is 1520. The highest BCUT2D eigenvalue weighted by Gasteiger charge is 2.28. The number of anilines is 2. The van der Waals surface area contributed by atoms with Crippen molar-refractivity contribution in [1.29, 1.82) is 0 Å². The van der Waals surface area contributed by atoms with Crippen molar-refractivity contribution in [3.63, 3.8) is 0 Å². The van der Waals surface area contributed by atoms with Crippen molar-refractivity contribution < 1.29 is 47.3 Å². The van der Waals surface area contributed by atoms with Crippen molar-refractivity contribution in [2.45, 2.75) is 58.3 Å². The van der Waals surface area contributed by atoms with Crippen molar-refractivity contribution in [1.82, 2.24) is 10.5 Å². The van der Waals surface area contributed by atoms with Crippen LogP contribution in [0.25, 0.3) is 0 Å². The van der Waals surface area contributed by atoms with Gasteiger partial charge in [0.25, 0.3) is 21.8 Å². The van der Waals surface area contributed by atoms with Crippen LogP contribution in [-0.2, 0) is 19.6 Å².